The van der Waals surface area contributed by atoms with Crippen LogP contribution in [0.2, 0.25) is 5.02 Å². The first kappa shape index (κ1) is 19.1. The van der Waals surface area contributed by atoms with Crippen molar-refractivity contribution in [2.45, 2.75) is 50.6 Å². The van der Waals surface area contributed by atoms with Crippen LogP contribution < -0.4 is 10.8 Å². The van der Waals surface area contributed by atoms with Crippen molar-refractivity contribution in [2.24, 2.45) is 0 Å². The summed E-state index contributed by atoms with van der Waals surface area (Å²) in [5, 5.41) is 12.2. The van der Waals surface area contributed by atoms with E-state index in [4.69, 9.17) is 16.8 Å². The second kappa shape index (κ2) is 8.79. The highest BCUT2D eigenvalue weighted by Crippen LogP contribution is 2.28. The lowest BCUT2D eigenvalue weighted by Crippen LogP contribution is -2.46. The smallest absolute Gasteiger partial charge is 0.303 e. The van der Waals surface area contributed by atoms with Crippen molar-refractivity contribution in [3.8, 4) is 0 Å². The van der Waals surface area contributed by atoms with Crippen LogP contribution in [0.15, 0.2) is 18.1 Å². The SMILES string of the molecule is O=C(NO)/C(F)=C\c1cnc(N[C@@H]2CCCN(C3CCCC3)C2)c(Cl)c1. The quantitative estimate of drug-likeness (QED) is 0.413. The van der Waals surface area contributed by atoms with Gasteiger partial charge >= 0.3 is 5.91 Å². The molecule has 1 aromatic heterocycles. The number of carbonyl (C=O) groups is 1. The predicted molar refractivity (Wildman–Crippen MR) is 98.7 cm³/mol. The van der Waals surface area contributed by atoms with Crippen LogP contribution in [0.1, 0.15) is 44.1 Å². The van der Waals surface area contributed by atoms with E-state index in [-0.39, 0.29) is 6.04 Å². The number of halogens is 2. The topological polar surface area (TPSA) is 77.5 Å². The van der Waals surface area contributed by atoms with Crippen molar-refractivity contribution in [1.82, 2.24) is 15.4 Å². The molecule has 3 N–H and O–H groups in total. The van der Waals surface area contributed by atoms with Crippen molar-refractivity contribution in [1.29, 1.82) is 0 Å². The zero-order valence-electron chi connectivity index (χ0n) is 14.5. The fourth-order valence-corrected chi connectivity index (χ4v) is 4.05. The van der Waals surface area contributed by atoms with Gasteiger partial charge in [-0.25, -0.2) is 14.9 Å². The van der Waals surface area contributed by atoms with Gasteiger partial charge in [-0.3, -0.25) is 14.9 Å². The van der Waals surface area contributed by atoms with Gasteiger partial charge < -0.3 is 5.32 Å². The van der Waals surface area contributed by atoms with Crippen LogP contribution in [0.3, 0.4) is 0 Å². The molecule has 3 rings (SSSR count). The van der Waals surface area contributed by atoms with E-state index in [2.05, 4.69) is 15.2 Å². The number of likely N-dealkylation sites (tertiary alicyclic amines) is 1. The van der Waals surface area contributed by atoms with Crippen molar-refractivity contribution < 1.29 is 14.4 Å². The molecule has 1 aromatic rings. The molecule has 1 saturated carbocycles. The Morgan fingerprint density at radius 3 is 2.81 bits per heavy atom. The van der Waals surface area contributed by atoms with E-state index in [1.54, 1.807) is 6.07 Å². The normalized spacial score (nSPS) is 22.4. The van der Waals surface area contributed by atoms with Gasteiger partial charge in [-0.15, -0.1) is 0 Å². The van der Waals surface area contributed by atoms with Crippen LogP contribution in [-0.2, 0) is 4.79 Å². The number of piperidine rings is 1. The first-order valence-electron chi connectivity index (χ1n) is 9.04. The third-order valence-electron chi connectivity index (χ3n) is 5.11. The Morgan fingerprint density at radius 2 is 2.12 bits per heavy atom. The average molecular weight is 383 g/mol. The fraction of sp³-hybridized carbons (Fsp3) is 0.556. The summed E-state index contributed by atoms with van der Waals surface area (Å²) in [6.45, 7) is 2.13. The number of hydroxylamine groups is 1. The van der Waals surface area contributed by atoms with Crippen molar-refractivity contribution >= 4 is 29.4 Å². The van der Waals surface area contributed by atoms with E-state index < -0.39 is 11.7 Å². The van der Waals surface area contributed by atoms with Crippen LogP contribution in [-0.4, -0.2) is 46.2 Å². The van der Waals surface area contributed by atoms with Crippen molar-refractivity contribution in [3.63, 3.8) is 0 Å². The lowest BCUT2D eigenvalue weighted by atomic mass is 10.0. The van der Waals surface area contributed by atoms with Gasteiger partial charge in [0.15, 0.2) is 5.83 Å². The zero-order chi connectivity index (χ0) is 18.5. The van der Waals surface area contributed by atoms with Gasteiger partial charge in [0.2, 0.25) is 0 Å². The van der Waals surface area contributed by atoms with Gasteiger partial charge in [0.1, 0.15) is 5.82 Å². The second-order valence-electron chi connectivity index (χ2n) is 6.95. The Labute approximate surface area is 157 Å². The minimum Gasteiger partial charge on any atom is -0.365 e. The molecule has 2 fully saturated rings. The minimum atomic E-state index is -1.21. The summed E-state index contributed by atoms with van der Waals surface area (Å²) in [7, 11) is 0. The Morgan fingerprint density at radius 1 is 1.35 bits per heavy atom. The highest BCUT2D eigenvalue weighted by atomic mass is 35.5. The monoisotopic (exact) mass is 382 g/mol. The average Bonchev–Trinajstić information content (AvgIpc) is 3.18. The Kier molecular flexibility index (Phi) is 6.45. The summed E-state index contributed by atoms with van der Waals surface area (Å²) in [6, 6.07) is 2.53. The van der Waals surface area contributed by atoms with Gasteiger partial charge in [-0.1, -0.05) is 24.4 Å². The number of hydrogen-bond acceptors (Lipinski definition) is 5. The van der Waals surface area contributed by atoms with Crippen molar-refractivity contribution in [2.75, 3.05) is 18.4 Å². The number of hydrogen-bond donors (Lipinski definition) is 3. The van der Waals surface area contributed by atoms with E-state index in [1.807, 2.05) is 0 Å². The van der Waals surface area contributed by atoms with Crippen LogP contribution in [0.4, 0.5) is 10.2 Å². The molecule has 142 valence electrons. The Hall–Kier alpha value is -1.70. The third-order valence-corrected chi connectivity index (χ3v) is 5.40. The standard InChI is InChI=1S/C18H24ClFN4O2/c19-15-8-12(9-16(20)18(25)23-26)10-21-17(15)22-13-4-3-7-24(11-13)14-5-1-2-6-14/h8-10,13-14,26H,1-7,11H2,(H,21,22)(H,23,25)/b16-9+/t13-/m1/s1. The summed E-state index contributed by atoms with van der Waals surface area (Å²) in [6.07, 6.45) is 9.85. The first-order chi connectivity index (χ1) is 12.6. The second-order valence-corrected chi connectivity index (χ2v) is 7.36. The van der Waals surface area contributed by atoms with E-state index in [0.717, 1.165) is 32.0 Å². The Balaban J connectivity index is 1.63. The number of anilines is 1. The fourth-order valence-electron chi connectivity index (χ4n) is 3.82. The highest BCUT2D eigenvalue weighted by Gasteiger charge is 2.28. The largest absolute Gasteiger partial charge is 0.365 e. The number of nitrogens with one attached hydrogen (secondary N) is 2. The molecule has 2 heterocycles. The molecule has 0 radical (unpaired) electrons. The molecular formula is C18H24ClFN4O2. The molecule has 1 saturated heterocycles. The first-order valence-corrected chi connectivity index (χ1v) is 9.42. The van der Waals surface area contributed by atoms with Crippen LogP contribution in [0.5, 0.6) is 0 Å². The maximum atomic E-state index is 13.5. The molecule has 0 bridgehead atoms. The third kappa shape index (κ3) is 4.72. The van der Waals surface area contributed by atoms with Gasteiger partial charge in [0, 0.05) is 24.8 Å². The number of rotatable bonds is 5. The highest BCUT2D eigenvalue weighted by molar-refractivity contribution is 6.33. The van der Waals surface area contributed by atoms with E-state index in [9.17, 15) is 9.18 Å². The summed E-state index contributed by atoms with van der Waals surface area (Å²) in [5.74, 6) is -1.77. The van der Waals surface area contributed by atoms with Crippen molar-refractivity contribution in [3.05, 3.63) is 28.7 Å². The summed E-state index contributed by atoms with van der Waals surface area (Å²) in [4.78, 5) is 17.8. The molecule has 26 heavy (non-hydrogen) atoms. The van der Waals surface area contributed by atoms with E-state index in [0.29, 0.717) is 22.4 Å². The molecule has 6 nitrogen and oxygen atoms in total. The summed E-state index contributed by atoms with van der Waals surface area (Å²) in [5.41, 5.74) is 1.58. The van der Waals surface area contributed by atoms with E-state index in [1.165, 1.54) is 37.4 Å². The predicted octanol–water partition coefficient (Wildman–Crippen LogP) is 3.37. The summed E-state index contributed by atoms with van der Waals surface area (Å²) >= 11 is 6.27. The molecule has 1 aliphatic carbocycles. The Bertz CT molecular complexity index is 679. The maximum absolute atomic E-state index is 13.5. The van der Waals surface area contributed by atoms with Crippen LogP contribution in [0.25, 0.3) is 6.08 Å². The molecule has 1 aliphatic heterocycles. The lowest BCUT2D eigenvalue weighted by Gasteiger charge is -2.37. The number of nitrogens with zero attached hydrogens (tertiary/aromatic N) is 2. The molecule has 0 spiro atoms. The van der Waals surface area contributed by atoms with Crippen LogP contribution >= 0.6 is 11.6 Å². The molecule has 0 aromatic carbocycles. The number of carbonyl (C=O) groups excluding carboxylic acids is 1. The van der Waals surface area contributed by atoms with Gasteiger partial charge in [0.05, 0.1) is 5.02 Å². The van der Waals surface area contributed by atoms with Gasteiger partial charge in [0.25, 0.3) is 0 Å². The number of amides is 1. The molecule has 1 atom stereocenters. The lowest BCUT2D eigenvalue weighted by molar-refractivity contribution is -0.126. The zero-order valence-corrected chi connectivity index (χ0v) is 15.3. The molecular weight excluding hydrogens is 359 g/mol. The molecule has 1 amide bonds. The minimum absolute atomic E-state index is 0.285. The van der Waals surface area contributed by atoms with Gasteiger partial charge in [-0.05, 0) is 49.9 Å². The maximum Gasteiger partial charge on any atom is 0.303 e. The molecule has 0 unspecified atom stereocenters. The molecule has 2 aliphatic rings. The van der Waals surface area contributed by atoms with Gasteiger partial charge in [-0.2, -0.15) is 0 Å². The van der Waals surface area contributed by atoms with E-state index >= 15 is 0 Å². The molecule has 8 heteroatoms. The van der Waals surface area contributed by atoms with Crippen LogP contribution in [0, 0.1) is 0 Å². The number of pyridine rings is 1. The summed E-state index contributed by atoms with van der Waals surface area (Å²) < 4.78 is 13.5. The number of aromatic nitrogens is 1.